The second-order valence-electron chi connectivity index (χ2n) is 4.37. The van der Waals surface area contributed by atoms with Crippen LogP contribution < -0.4 is 10.5 Å². The molecule has 0 unspecified atom stereocenters. The van der Waals surface area contributed by atoms with Crippen LogP contribution in [0.4, 0.5) is 15.8 Å². The van der Waals surface area contributed by atoms with E-state index in [1.165, 1.54) is 18.2 Å². The summed E-state index contributed by atoms with van der Waals surface area (Å²) in [5.74, 6) is -0.356. The number of nitrogens with two attached hydrogens (primary N) is 1. The lowest BCUT2D eigenvalue weighted by Crippen LogP contribution is -2.01. The second kappa shape index (κ2) is 5.56. The van der Waals surface area contributed by atoms with Gasteiger partial charge in [-0.2, -0.15) is 0 Å². The average molecular weight is 276 g/mol. The molecule has 0 aliphatic heterocycles. The van der Waals surface area contributed by atoms with E-state index in [2.05, 4.69) is 0 Å². The Bertz CT molecular complexity index is 659. The summed E-state index contributed by atoms with van der Waals surface area (Å²) in [6, 6.07) is 8.88. The average Bonchev–Trinajstić information content (AvgIpc) is 2.41. The number of halogens is 1. The van der Waals surface area contributed by atoms with Gasteiger partial charge in [-0.05, 0) is 36.2 Å². The van der Waals surface area contributed by atoms with Crippen LogP contribution in [0.25, 0.3) is 0 Å². The van der Waals surface area contributed by atoms with Crippen LogP contribution in [0.3, 0.4) is 0 Å². The van der Waals surface area contributed by atoms with Crippen molar-refractivity contribution in [3.63, 3.8) is 0 Å². The van der Waals surface area contributed by atoms with Crippen LogP contribution >= 0.6 is 0 Å². The fourth-order valence-corrected chi connectivity index (χ4v) is 1.72. The first kappa shape index (κ1) is 13.8. The molecule has 5 nitrogen and oxygen atoms in total. The van der Waals surface area contributed by atoms with Gasteiger partial charge in [0.2, 0.25) is 0 Å². The van der Waals surface area contributed by atoms with E-state index >= 15 is 0 Å². The van der Waals surface area contributed by atoms with E-state index in [9.17, 15) is 14.5 Å². The van der Waals surface area contributed by atoms with E-state index < -0.39 is 10.7 Å². The van der Waals surface area contributed by atoms with Crippen molar-refractivity contribution in [2.75, 3.05) is 5.73 Å². The molecule has 0 fully saturated rings. The van der Waals surface area contributed by atoms with Crippen LogP contribution in [-0.2, 0) is 6.61 Å². The number of nitrogen functional groups attached to an aromatic ring is 1. The predicted molar refractivity (Wildman–Crippen MR) is 73.0 cm³/mol. The summed E-state index contributed by atoms with van der Waals surface area (Å²) in [6.07, 6.45) is 0. The first-order valence-corrected chi connectivity index (χ1v) is 5.89. The van der Waals surface area contributed by atoms with E-state index in [4.69, 9.17) is 10.5 Å². The molecule has 0 aromatic heterocycles. The van der Waals surface area contributed by atoms with Crippen molar-refractivity contribution in [2.45, 2.75) is 13.5 Å². The number of benzene rings is 2. The molecule has 20 heavy (non-hydrogen) atoms. The number of nitro benzene ring substituents is 1. The molecule has 0 saturated carbocycles. The van der Waals surface area contributed by atoms with E-state index in [-0.39, 0.29) is 23.7 Å². The van der Waals surface area contributed by atoms with Crippen LogP contribution in [0.15, 0.2) is 36.4 Å². The highest BCUT2D eigenvalue weighted by atomic mass is 19.1. The number of rotatable bonds is 4. The molecule has 2 N–H and O–H groups in total. The molecule has 0 amide bonds. The molecular weight excluding hydrogens is 263 g/mol. The molecule has 0 heterocycles. The number of nitro groups is 1. The summed E-state index contributed by atoms with van der Waals surface area (Å²) in [6.45, 7) is 1.85. The Morgan fingerprint density at radius 1 is 1.30 bits per heavy atom. The fraction of sp³-hybridized carbons (Fsp3) is 0.143. The first-order chi connectivity index (χ1) is 9.47. The Kier molecular flexibility index (Phi) is 3.84. The lowest BCUT2D eigenvalue weighted by Gasteiger charge is -2.08. The second-order valence-corrected chi connectivity index (χ2v) is 4.37. The Labute approximate surface area is 114 Å². The maximum atomic E-state index is 13.5. The minimum absolute atomic E-state index is 0.0293. The van der Waals surface area contributed by atoms with Gasteiger partial charge in [0, 0.05) is 6.07 Å². The minimum Gasteiger partial charge on any atom is -0.486 e. The highest BCUT2D eigenvalue weighted by Gasteiger charge is 2.12. The maximum Gasteiger partial charge on any atom is 0.292 e. The topological polar surface area (TPSA) is 78.4 Å². The summed E-state index contributed by atoms with van der Waals surface area (Å²) < 4.78 is 18.8. The molecule has 6 heteroatoms. The largest absolute Gasteiger partial charge is 0.486 e. The number of hydrogen-bond acceptors (Lipinski definition) is 4. The molecule has 0 aliphatic rings. The third-order valence-corrected chi connectivity index (χ3v) is 2.77. The van der Waals surface area contributed by atoms with Gasteiger partial charge in [-0.3, -0.25) is 10.1 Å². The zero-order valence-corrected chi connectivity index (χ0v) is 10.8. The van der Waals surface area contributed by atoms with Crippen LogP contribution in [-0.4, -0.2) is 4.92 Å². The Balaban J connectivity index is 2.17. The van der Waals surface area contributed by atoms with Gasteiger partial charge in [-0.1, -0.05) is 12.1 Å². The van der Waals surface area contributed by atoms with Gasteiger partial charge in [0.05, 0.1) is 4.92 Å². The smallest absolute Gasteiger partial charge is 0.292 e. The van der Waals surface area contributed by atoms with Gasteiger partial charge >= 0.3 is 0 Å². The molecule has 104 valence electrons. The summed E-state index contributed by atoms with van der Waals surface area (Å²) in [7, 11) is 0. The van der Waals surface area contributed by atoms with Crippen LogP contribution in [0.2, 0.25) is 0 Å². The highest BCUT2D eigenvalue weighted by Crippen LogP contribution is 2.24. The molecule has 0 radical (unpaired) electrons. The third kappa shape index (κ3) is 3.03. The predicted octanol–water partition coefficient (Wildman–Crippen LogP) is 3.20. The lowest BCUT2D eigenvalue weighted by molar-refractivity contribution is -0.384. The molecule has 0 saturated heterocycles. The van der Waals surface area contributed by atoms with Crippen molar-refractivity contribution in [1.29, 1.82) is 0 Å². The van der Waals surface area contributed by atoms with Gasteiger partial charge < -0.3 is 10.5 Å². The van der Waals surface area contributed by atoms with Crippen molar-refractivity contribution >= 4 is 11.4 Å². The molecule has 2 rings (SSSR count). The summed E-state index contributed by atoms with van der Waals surface area (Å²) >= 11 is 0. The molecule has 0 atom stereocenters. The Morgan fingerprint density at radius 3 is 2.75 bits per heavy atom. The van der Waals surface area contributed by atoms with E-state index in [0.29, 0.717) is 5.56 Å². The standard InChI is InChI=1S/C14H13FN2O3/c1-9-2-4-11(15)14(6-9)20-8-10-3-5-12(16)13(7-10)17(18)19/h2-7H,8,16H2,1H3. The van der Waals surface area contributed by atoms with E-state index in [0.717, 1.165) is 5.56 Å². The highest BCUT2D eigenvalue weighted by molar-refractivity contribution is 5.59. The van der Waals surface area contributed by atoms with Crippen molar-refractivity contribution < 1.29 is 14.1 Å². The number of nitrogens with zero attached hydrogens (tertiary/aromatic N) is 1. The van der Waals surface area contributed by atoms with E-state index in [1.807, 2.05) is 6.92 Å². The Morgan fingerprint density at radius 2 is 2.05 bits per heavy atom. The molecule has 2 aromatic rings. The van der Waals surface area contributed by atoms with Crippen molar-refractivity contribution in [3.8, 4) is 5.75 Å². The maximum absolute atomic E-state index is 13.5. The quantitative estimate of drug-likeness (QED) is 0.528. The SMILES string of the molecule is Cc1ccc(F)c(OCc2ccc(N)c([N+](=O)[O-])c2)c1. The Hall–Kier alpha value is -2.63. The van der Waals surface area contributed by atoms with Gasteiger partial charge in [0.25, 0.3) is 5.69 Å². The van der Waals surface area contributed by atoms with E-state index in [1.54, 1.807) is 18.2 Å². The van der Waals surface area contributed by atoms with Crippen LogP contribution in [0, 0.1) is 22.9 Å². The molecule has 0 spiro atoms. The van der Waals surface area contributed by atoms with Crippen molar-refractivity contribution in [2.24, 2.45) is 0 Å². The monoisotopic (exact) mass is 276 g/mol. The molecule has 0 aliphatic carbocycles. The van der Waals surface area contributed by atoms with Crippen LogP contribution in [0.5, 0.6) is 5.75 Å². The zero-order chi connectivity index (χ0) is 14.7. The normalized spacial score (nSPS) is 10.3. The van der Waals surface area contributed by atoms with Gasteiger partial charge in [-0.15, -0.1) is 0 Å². The van der Waals surface area contributed by atoms with Gasteiger partial charge in [0.15, 0.2) is 11.6 Å². The van der Waals surface area contributed by atoms with Crippen LogP contribution in [0.1, 0.15) is 11.1 Å². The number of aryl methyl sites for hydroxylation is 1. The van der Waals surface area contributed by atoms with Crippen molar-refractivity contribution in [3.05, 3.63) is 63.5 Å². The molecular formula is C14H13FN2O3. The summed E-state index contributed by atoms with van der Waals surface area (Å²) in [5.41, 5.74) is 6.81. The third-order valence-electron chi connectivity index (χ3n) is 2.77. The molecule has 2 aromatic carbocycles. The number of hydrogen-bond donors (Lipinski definition) is 1. The number of anilines is 1. The first-order valence-electron chi connectivity index (χ1n) is 5.89. The minimum atomic E-state index is -0.563. The zero-order valence-electron chi connectivity index (χ0n) is 10.8. The molecule has 0 bridgehead atoms. The van der Waals surface area contributed by atoms with Gasteiger partial charge in [0.1, 0.15) is 12.3 Å². The fourth-order valence-electron chi connectivity index (χ4n) is 1.72. The number of ether oxygens (including phenoxy) is 1. The summed E-state index contributed by atoms with van der Waals surface area (Å²) in [5, 5.41) is 10.8. The lowest BCUT2D eigenvalue weighted by atomic mass is 10.2. The van der Waals surface area contributed by atoms with Crippen molar-refractivity contribution in [1.82, 2.24) is 0 Å². The van der Waals surface area contributed by atoms with Gasteiger partial charge in [-0.25, -0.2) is 4.39 Å². The summed E-state index contributed by atoms with van der Waals surface area (Å²) in [4.78, 5) is 10.2.